The SMILES string of the molecule is OCCn1cc(CNC2C3C4CCC(C4)C23)cn1. The molecule has 3 aliphatic rings. The van der Waals surface area contributed by atoms with Crippen molar-refractivity contribution in [1.29, 1.82) is 0 Å². The Morgan fingerprint density at radius 3 is 2.83 bits per heavy atom. The van der Waals surface area contributed by atoms with Crippen molar-refractivity contribution >= 4 is 0 Å². The number of aliphatic hydroxyl groups excluding tert-OH is 1. The Morgan fingerprint density at radius 2 is 2.11 bits per heavy atom. The second kappa shape index (κ2) is 4.07. The fourth-order valence-electron chi connectivity index (χ4n) is 4.56. The van der Waals surface area contributed by atoms with E-state index in [1.807, 2.05) is 17.1 Å². The molecule has 0 spiro atoms. The van der Waals surface area contributed by atoms with Crippen molar-refractivity contribution < 1.29 is 5.11 Å². The molecular weight excluding hydrogens is 226 g/mol. The molecule has 1 heterocycles. The summed E-state index contributed by atoms with van der Waals surface area (Å²) in [5.74, 6) is 4.07. The molecule has 0 saturated heterocycles. The van der Waals surface area contributed by atoms with Gasteiger partial charge in [0.15, 0.2) is 0 Å². The van der Waals surface area contributed by atoms with E-state index in [-0.39, 0.29) is 6.61 Å². The molecule has 4 rings (SSSR count). The number of hydrogen-bond donors (Lipinski definition) is 2. The van der Waals surface area contributed by atoms with Crippen LogP contribution in [0.5, 0.6) is 0 Å². The van der Waals surface area contributed by atoms with E-state index in [2.05, 4.69) is 10.4 Å². The van der Waals surface area contributed by atoms with Gasteiger partial charge in [-0.2, -0.15) is 5.10 Å². The summed E-state index contributed by atoms with van der Waals surface area (Å²) in [6.07, 6.45) is 8.43. The van der Waals surface area contributed by atoms with Gasteiger partial charge in [-0.3, -0.25) is 4.68 Å². The summed E-state index contributed by atoms with van der Waals surface area (Å²) in [4.78, 5) is 0. The highest BCUT2D eigenvalue weighted by Gasteiger charge is 2.64. The van der Waals surface area contributed by atoms with Gasteiger partial charge in [-0.25, -0.2) is 0 Å². The molecule has 4 nitrogen and oxygen atoms in total. The molecule has 0 aromatic carbocycles. The van der Waals surface area contributed by atoms with Crippen LogP contribution < -0.4 is 5.32 Å². The highest BCUT2D eigenvalue weighted by atomic mass is 16.3. The van der Waals surface area contributed by atoms with Crippen molar-refractivity contribution in [3.05, 3.63) is 18.0 Å². The predicted molar refractivity (Wildman–Crippen MR) is 67.8 cm³/mol. The minimum Gasteiger partial charge on any atom is -0.394 e. The van der Waals surface area contributed by atoms with Crippen molar-refractivity contribution in [3.8, 4) is 0 Å². The second-order valence-electron chi connectivity index (χ2n) is 6.23. The third-order valence-electron chi connectivity index (χ3n) is 5.29. The van der Waals surface area contributed by atoms with Crippen LogP contribution >= 0.6 is 0 Å². The quantitative estimate of drug-likeness (QED) is 0.816. The lowest BCUT2D eigenvalue weighted by atomic mass is 10.0. The standard InChI is InChI=1S/C14H21N3O/c18-4-3-17-8-9(7-16-17)6-15-14-12-10-1-2-11(5-10)13(12)14/h7-8,10-15,18H,1-6H2. The number of rotatable bonds is 5. The van der Waals surface area contributed by atoms with Gasteiger partial charge in [-0.1, -0.05) is 0 Å². The van der Waals surface area contributed by atoms with Crippen molar-refractivity contribution in [1.82, 2.24) is 15.1 Å². The summed E-state index contributed by atoms with van der Waals surface area (Å²) >= 11 is 0. The summed E-state index contributed by atoms with van der Waals surface area (Å²) in [6, 6.07) is 0.789. The first kappa shape index (κ1) is 11.0. The Balaban J connectivity index is 1.32. The molecule has 18 heavy (non-hydrogen) atoms. The van der Waals surface area contributed by atoms with Crippen LogP contribution in [-0.4, -0.2) is 27.5 Å². The minimum atomic E-state index is 0.157. The molecule has 3 saturated carbocycles. The van der Waals surface area contributed by atoms with Gasteiger partial charge in [0.2, 0.25) is 0 Å². The lowest BCUT2D eigenvalue weighted by Crippen LogP contribution is -2.22. The molecule has 0 amide bonds. The molecule has 0 radical (unpaired) electrons. The average molecular weight is 247 g/mol. The van der Waals surface area contributed by atoms with Crippen LogP contribution in [0.15, 0.2) is 12.4 Å². The summed E-state index contributed by atoms with van der Waals surface area (Å²) in [5.41, 5.74) is 1.24. The zero-order valence-corrected chi connectivity index (χ0v) is 10.6. The minimum absolute atomic E-state index is 0.157. The number of nitrogens with zero attached hydrogens (tertiary/aromatic N) is 2. The van der Waals surface area contributed by atoms with E-state index in [1.54, 1.807) is 0 Å². The summed E-state index contributed by atoms with van der Waals surface area (Å²) < 4.78 is 1.81. The number of fused-ring (bicyclic) bond motifs is 5. The maximum atomic E-state index is 8.85. The monoisotopic (exact) mass is 247 g/mol. The van der Waals surface area contributed by atoms with Crippen LogP contribution in [0.25, 0.3) is 0 Å². The zero-order valence-electron chi connectivity index (χ0n) is 10.6. The lowest BCUT2D eigenvalue weighted by Gasteiger charge is -2.09. The molecule has 98 valence electrons. The van der Waals surface area contributed by atoms with Gasteiger partial charge in [-0.05, 0) is 42.9 Å². The Labute approximate surface area is 107 Å². The smallest absolute Gasteiger partial charge is 0.0640 e. The Hall–Kier alpha value is -0.870. The summed E-state index contributed by atoms with van der Waals surface area (Å²) in [7, 11) is 0. The predicted octanol–water partition coefficient (Wildman–Crippen LogP) is 1.01. The van der Waals surface area contributed by atoms with Crippen molar-refractivity contribution in [2.45, 2.75) is 38.4 Å². The maximum Gasteiger partial charge on any atom is 0.0640 e. The van der Waals surface area contributed by atoms with E-state index in [9.17, 15) is 0 Å². The van der Waals surface area contributed by atoms with Crippen molar-refractivity contribution in [2.24, 2.45) is 23.7 Å². The highest BCUT2D eigenvalue weighted by Crippen LogP contribution is 2.65. The third kappa shape index (κ3) is 1.62. The number of aliphatic hydroxyl groups is 1. The Kier molecular flexibility index (Phi) is 2.49. The largest absolute Gasteiger partial charge is 0.394 e. The number of hydrogen-bond acceptors (Lipinski definition) is 3. The molecule has 4 heteroatoms. The summed E-state index contributed by atoms with van der Waals surface area (Å²) in [6.45, 7) is 1.69. The molecule has 4 atom stereocenters. The van der Waals surface area contributed by atoms with Crippen molar-refractivity contribution in [3.63, 3.8) is 0 Å². The first-order valence-corrected chi connectivity index (χ1v) is 7.22. The summed E-state index contributed by atoms with van der Waals surface area (Å²) in [5, 5.41) is 16.8. The van der Waals surface area contributed by atoms with Crippen LogP contribution in [0.4, 0.5) is 0 Å². The van der Waals surface area contributed by atoms with Gasteiger partial charge < -0.3 is 10.4 Å². The van der Waals surface area contributed by atoms with Gasteiger partial charge in [0.25, 0.3) is 0 Å². The van der Waals surface area contributed by atoms with Crippen molar-refractivity contribution in [2.75, 3.05) is 6.61 Å². The molecular formula is C14H21N3O. The van der Waals surface area contributed by atoms with Gasteiger partial charge in [0.05, 0.1) is 19.3 Å². The molecule has 4 unspecified atom stereocenters. The van der Waals surface area contributed by atoms with Crippen LogP contribution in [0.3, 0.4) is 0 Å². The maximum absolute atomic E-state index is 8.85. The molecule has 2 bridgehead atoms. The van der Waals surface area contributed by atoms with E-state index in [4.69, 9.17) is 5.11 Å². The topological polar surface area (TPSA) is 50.1 Å². The van der Waals surface area contributed by atoms with Gasteiger partial charge in [0.1, 0.15) is 0 Å². The normalized spacial score (nSPS) is 40.2. The highest BCUT2D eigenvalue weighted by molar-refractivity contribution is 5.17. The molecule has 2 N–H and O–H groups in total. The van der Waals surface area contributed by atoms with E-state index in [0.717, 1.165) is 36.3 Å². The average Bonchev–Trinajstić information content (AvgIpc) is 2.79. The van der Waals surface area contributed by atoms with Crippen LogP contribution in [-0.2, 0) is 13.1 Å². The molecule has 0 aliphatic heterocycles. The van der Waals surface area contributed by atoms with Crippen LogP contribution in [0.1, 0.15) is 24.8 Å². The Morgan fingerprint density at radius 1 is 1.33 bits per heavy atom. The Bertz CT molecular complexity index is 428. The van der Waals surface area contributed by atoms with Crippen LogP contribution in [0, 0.1) is 23.7 Å². The van der Waals surface area contributed by atoms with E-state index in [0.29, 0.717) is 6.54 Å². The third-order valence-corrected chi connectivity index (χ3v) is 5.29. The van der Waals surface area contributed by atoms with Crippen LogP contribution in [0.2, 0.25) is 0 Å². The van der Waals surface area contributed by atoms with Gasteiger partial charge in [-0.15, -0.1) is 0 Å². The van der Waals surface area contributed by atoms with Gasteiger partial charge >= 0.3 is 0 Å². The number of aromatic nitrogens is 2. The van der Waals surface area contributed by atoms with E-state index < -0.39 is 0 Å². The fraction of sp³-hybridized carbons (Fsp3) is 0.786. The fourth-order valence-corrected chi connectivity index (χ4v) is 4.56. The number of nitrogens with one attached hydrogen (secondary N) is 1. The van der Waals surface area contributed by atoms with Gasteiger partial charge in [0, 0.05) is 24.3 Å². The van der Waals surface area contributed by atoms with E-state index >= 15 is 0 Å². The zero-order chi connectivity index (χ0) is 12.1. The molecule has 3 aliphatic carbocycles. The first-order valence-electron chi connectivity index (χ1n) is 7.22. The second-order valence-corrected chi connectivity index (χ2v) is 6.23. The molecule has 1 aromatic heterocycles. The van der Waals surface area contributed by atoms with E-state index in [1.165, 1.54) is 24.8 Å². The molecule has 1 aromatic rings. The first-order chi connectivity index (χ1) is 8.86. The lowest BCUT2D eigenvalue weighted by molar-refractivity contribution is 0.269. The molecule has 3 fully saturated rings.